The number of thiazole rings is 1. The highest BCUT2D eigenvalue weighted by atomic mass is 35.5. The monoisotopic (exact) mass is 252 g/mol. The number of benzene rings is 1. The van der Waals surface area contributed by atoms with E-state index in [1.54, 1.807) is 18.2 Å². The maximum absolute atomic E-state index is 8.78. The fourth-order valence-electron chi connectivity index (χ4n) is 1.34. The van der Waals surface area contributed by atoms with Crippen molar-refractivity contribution in [2.75, 3.05) is 5.73 Å². The average molecular weight is 253 g/mol. The third kappa shape index (κ3) is 2.18. The molecular weight excluding hydrogens is 244 g/mol. The van der Waals surface area contributed by atoms with E-state index in [4.69, 9.17) is 22.4 Å². The Morgan fingerprint density at radius 2 is 2.00 bits per heavy atom. The van der Waals surface area contributed by atoms with Gasteiger partial charge in [0, 0.05) is 10.6 Å². The normalized spacial score (nSPS) is 11.1. The highest BCUT2D eigenvalue weighted by molar-refractivity contribution is 7.16. The molecule has 2 rings (SSSR count). The quantitative estimate of drug-likeness (QED) is 0.804. The van der Waals surface area contributed by atoms with Crippen LogP contribution in [0.1, 0.15) is 4.88 Å². The van der Waals surface area contributed by atoms with E-state index in [0.717, 1.165) is 22.4 Å². The number of nitrogens with zero attached hydrogens (tertiary/aromatic N) is 1. The van der Waals surface area contributed by atoms with Crippen LogP contribution >= 0.6 is 22.9 Å². The second-order valence-corrected chi connectivity index (χ2v) is 4.59. The molecule has 1 heterocycles. The number of aliphatic hydroxyl groups excluding tert-OH is 1. The lowest BCUT2D eigenvalue weighted by Crippen LogP contribution is -1.83. The first-order valence-electron chi connectivity index (χ1n) is 4.53. The van der Waals surface area contributed by atoms with E-state index >= 15 is 0 Å². The molecule has 0 amide bonds. The number of aliphatic hydroxyl groups is 1. The molecular formula is C11H9ClN2OS. The van der Waals surface area contributed by atoms with Crippen LogP contribution in [-0.2, 0) is 0 Å². The molecule has 1 aromatic heterocycles. The predicted molar refractivity (Wildman–Crippen MR) is 68.6 cm³/mol. The van der Waals surface area contributed by atoms with Gasteiger partial charge in [0.25, 0.3) is 0 Å². The molecule has 82 valence electrons. The van der Waals surface area contributed by atoms with Crippen molar-refractivity contribution in [2.24, 2.45) is 0 Å². The van der Waals surface area contributed by atoms with Gasteiger partial charge in [0.05, 0.1) is 16.8 Å². The number of rotatable bonds is 2. The van der Waals surface area contributed by atoms with E-state index in [0.29, 0.717) is 10.2 Å². The molecule has 0 saturated carbocycles. The zero-order chi connectivity index (χ0) is 11.5. The molecule has 5 heteroatoms. The van der Waals surface area contributed by atoms with Crippen LogP contribution in [0.25, 0.3) is 17.3 Å². The molecule has 0 bridgehead atoms. The van der Waals surface area contributed by atoms with Crippen LogP contribution < -0.4 is 5.73 Å². The van der Waals surface area contributed by atoms with Crippen molar-refractivity contribution < 1.29 is 5.11 Å². The van der Waals surface area contributed by atoms with E-state index in [1.807, 2.05) is 12.1 Å². The van der Waals surface area contributed by atoms with E-state index in [2.05, 4.69) is 4.98 Å². The number of aromatic nitrogens is 1. The Balaban J connectivity index is 2.50. The van der Waals surface area contributed by atoms with Crippen LogP contribution in [0.15, 0.2) is 30.5 Å². The van der Waals surface area contributed by atoms with Crippen LogP contribution in [0.4, 0.5) is 5.13 Å². The lowest BCUT2D eigenvalue weighted by atomic mass is 10.1. The third-order valence-electron chi connectivity index (χ3n) is 2.01. The Bertz CT molecular complexity index is 519. The van der Waals surface area contributed by atoms with E-state index in [9.17, 15) is 0 Å². The average Bonchev–Trinajstić information content (AvgIpc) is 2.61. The Hall–Kier alpha value is -1.52. The third-order valence-corrected chi connectivity index (χ3v) is 3.12. The summed E-state index contributed by atoms with van der Waals surface area (Å²) in [5, 5.41) is 9.92. The van der Waals surface area contributed by atoms with Gasteiger partial charge in [0.15, 0.2) is 5.13 Å². The molecule has 0 fully saturated rings. The molecule has 0 atom stereocenters. The topological polar surface area (TPSA) is 59.1 Å². The maximum Gasteiger partial charge on any atom is 0.181 e. The molecule has 0 saturated heterocycles. The van der Waals surface area contributed by atoms with Crippen LogP contribution in [0.2, 0.25) is 5.02 Å². The Morgan fingerprint density at radius 3 is 2.62 bits per heavy atom. The summed E-state index contributed by atoms with van der Waals surface area (Å²) in [7, 11) is 0. The zero-order valence-electron chi connectivity index (χ0n) is 8.22. The summed E-state index contributed by atoms with van der Waals surface area (Å²) in [6.45, 7) is 0. The molecule has 0 aliphatic heterocycles. The number of hydrogen-bond donors (Lipinski definition) is 2. The number of nitrogen functional groups attached to an aromatic ring is 1. The largest absolute Gasteiger partial charge is 0.516 e. The molecule has 0 unspecified atom stereocenters. The Morgan fingerprint density at radius 1 is 1.31 bits per heavy atom. The van der Waals surface area contributed by atoms with Crippen molar-refractivity contribution in [1.29, 1.82) is 0 Å². The SMILES string of the molecule is Nc1nc(-c2ccc(Cl)cc2)c(C=CO)s1. The summed E-state index contributed by atoms with van der Waals surface area (Å²) >= 11 is 7.13. The van der Waals surface area contributed by atoms with Gasteiger partial charge in [0.2, 0.25) is 0 Å². The maximum atomic E-state index is 8.78. The fourth-order valence-corrected chi connectivity index (χ4v) is 2.22. The zero-order valence-corrected chi connectivity index (χ0v) is 9.79. The summed E-state index contributed by atoms with van der Waals surface area (Å²) in [6.07, 6.45) is 2.55. The van der Waals surface area contributed by atoms with Crippen molar-refractivity contribution in [2.45, 2.75) is 0 Å². The van der Waals surface area contributed by atoms with Gasteiger partial charge in [-0.05, 0) is 18.2 Å². The standard InChI is InChI=1S/C11H9ClN2OS/c12-8-3-1-7(2-4-8)10-9(5-6-15)16-11(13)14-10/h1-6,15H,(H2,13,14). The first-order valence-corrected chi connectivity index (χ1v) is 5.73. The summed E-state index contributed by atoms with van der Waals surface area (Å²) in [5.74, 6) is 0. The molecule has 0 radical (unpaired) electrons. The lowest BCUT2D eigenvalue weighted by Gasteiger charge is -1.98. The van der Waals surface area contributed by atoms with Gasteiger partial charge in [-0.3, -0.25) is 0 Å². The van der Waals surface area contributed by atoms with Crippen molar-refractivity contribution >= 4 is 34.1 Å². The lowest BCUT2D eigenvalue weighted by molar-refractivity contribution is 0.478. The highest BCUT2D eigenvalue weighted by Gasteiger charge is 2.09. The second kappa shape index (κ2) is 4.55. The first kappa shape index (κ1) is 11.0. The van der Waals surface area contributed by atoms with E-state index < -0.39 is 0 Å². The van der Waals surface area contributed by atoms with Crippen molar-refractivity contribution in [3.8, 4) is 11.3 Å². The Kier molecular flexibility index (Phi) is 3.12. The summed E-state index contributed by atoms with van der Waals surface area (Å²) in [4.78, 5) is 5.04. The number of halogens is 1. The van der Waals surface area contributed by atoms with Gasteiger partial charge in [-0.2, -0.15) is 0 Å². The van der Waals surface area contributed by atoms with Gasteiger partial charge in [0.1, 0.15) is 0 Å². The van der Waals surface area contributed by atoms with E-state index in [1.165, 1.54) is 11.3 Å². The first-order chi connectivity index (χ1) is 7.70. The minimum atomic E-state index is 0.470. The number of nitrogens with two attached hydrogens (primary N) is 1. The molecule has 1 aromatic carbocycles. The minimum absolute atomic E-state index is 0.470. The Labute approximate surface area is 102 Å². The van der Waals surface area contributed by atoms with Gasteiger partial charge in [-0.1, -0.05) is 35.1 Å². The smallest absolute Gasteiger partial charge is 0.181 e. The van der Waals surface area contributed by atoms with Gasteiger partial charge in [-0.15, -0.1) is 0 Å². The number of anilines is 1. The van der Waals surface area contributed by atoms with Crippen molar-refractivity contribution in [3.05, 3.63) is 40.4 Å². The van der Waals surface area contributed by atoms with Crippen molar-refractivity contribution in [3.63, 3.8) is 0 Å². The van der Waals surface area contributed by atoms with E-state index in [-0.39, 0.29) is 0 Å². The molecule has 16 heavy (non-hydrogen) atoms. The van der Waals surface area contributed by atoms with Crippen LogP contribution in [-0.4, -0.2) is 10.1 Å². The highest BCUT2D eigenvalue weighted by Crippen LogP contribution is 2.31. The minimum Gasteiger partial charge on any atom is -0.516 e. The van der Waals surface area contributed by atoms with Crippen molar-refractivity contribution in [1.82, 2.24) is 4.98 Å². The predicted octanol–water partition coefficient (Wildman–Crippen LogP) is 3.57. The van der Waals surface area contributed by atoms with Gasteiger partial charge in [-0.25, -0.2) is 4.98 Å². The summed E-state index contributed by atoms with van der Waals surface area (Å²) in [5.41, 5.74) is 7.32. The summed E-state index contributed by atoms with van der Waals surface area (Å²) in [6, 6.07) is 7.31. The van der Waals surface area contributed by atoms with Crippen LogP contribution in [0, 0.1) is 0 Å². The van der Waals surface area contributed by atoms with Crippen LogP contribution in [0.3, 0.4) is 0 Å². The fraction of sp³-hybridized carbons (Fsp3) is 0. The molecule has 2 aromatic rings. The molecule has 0 aliphatic rings. The molecule has 3 nitrogen and oxygen atoms in total. The summed E-state index contributed by atoms with van der Waals surface area (Å²) < 4.78 is 0. The second-order valence-electron chi connectivity index (χ2n) is 3.09. The molecule has 0 spiro atoms. The molecule has 0 aliphatic carbocycles. The molecule has 3 N–H and O–H groups in total. The van der Waals surface area contributed by atoms with Crippen LogP contribution in [0.5, 0.6) is 0 Å². The number of hydrogen-bond acceptors (Lipinski definition) is 4. The van der Waals surface area contributed by atoms with Gasteiger partial charge < -0.3 is 10.8 Å². The van der Waals surface area contributed by atoms with Gasteiger partial charge >= 0.3 is 0 Å².